The Hall–Kier alpha value is -2.87. The molecule has 1 aliphatic heterocycles. The van der Waals surface area contributed by atoms with Gasteiger partial charge in [-0.3, -0.25) is 15.4 Å². The lowest BCUT2D eigenvalue weighted by molar-refractivity contribution is -0.125. The molecule has 3 amide bonds. The topological polar surface area (TPSA) is 100 Å². The first-order valence-corrected chi connectivity index (χ1v) is 9.96. The number of nitrogens with zero attached hydrogens (tertiary/aromatic N) is 2. The van der Waals surface area contributed by atoms with Crippen LogP contribution < -0.4 is 21.3 Å². The summed E-state index contributed by atoms with van der Waals surface area (Å²) in [6, 6.07) is 9.26. The molecule has 0 bridgehead atoms. The number of aryl methyl sites for hydroxylation is 1. The second kappa shape index (κ2) is 8.24. The van der Waals surface area contributed by atoms with E-state index in [0.29, 0.717) is 17.9 Å². The van der Waals surface area contributed by atoms with Crippen molar-refractivity contribution in [2.24, 2.45) is 0 Å². The lowest BCUT2D eigenvalue weighted by Crippen LogP contribution is -2.53. The number of rotatable bonds is 4. The van der Waals surface area contributed by atoms with Crippen LogP contribution in [0, 0.1) is 6.92 Å². The van der Waals surface area contributed by atoms with E-state index < -0.39 is 6.29 Å². The van der Waals surface area contributed by atoms with E-state index in [2.05, 4.69) is 47.1 Å². The molecule has 0 saturated carbocycles. The van der Waals surface area contributed by atoms with Gasteiger partial charge in [-0.25, -0.2) is 9.48 Å². The van der Waals surface area contributed by atoms with Gasteiger partial charge in [0.2, 0.25) is 5.91 Å². The van der Waals surface area contributed by atoms with Crippen molar-refractivity contribution in [3.05, 3.63) is 41.6 Å². The predicted molar refractivity (Wildman–Crippen MR) is 114 cm³/mol. The molecule has 29 heavy (non-hydrogen) atoms. The Balaban J connectivity index is 1.70. The Morgan fingerprint density at radius 2 is 1.93 bits per heavy atom. The Morgan fingerprint density at radius 1 is 1.24 bits per heavy atom. The molecule has 2 atom stereocenters. The summed E-state index contributed by atoms with van der Waals surface area (Å²) in [5.74, 6) is 0.462. The minimum Gasteiger partial charge on any atom is -0.322 e. The van der Waals surface area contributed by atoms with E-state index >= 15 is 0 Å². The zero-order valence-corrected chi connectivity index (χ0v) is 17.7. The fourth-order valence-electron chi connectivity index (χ4n) is 3.29. The highest BCUT2D eigenvalue weighted by molar-refractivity contribution is 5.99. The third-order valence-electron chi connectivity index (χ3n) is 4.97. The quantitative estimate of drug-likeness (QED) is 0.633. The number of amides is 3. The van der Waals surface area contributed by atoms with Gasteiger partial charge in [0.25, 0.3) is 0 Å². The maximum atomic E-state index is 12.5. The van der Waals surface area contributed by atoms with E-state index in [1.807, 2.05) is 38.1 Å². The maximum absolute atomic E-state index is 12.5. The van der Waals surface area contributed by atoms with Crippen LogP contribution in [0.3, 0.4) is 0 Å². The molecular formula is C21H30N6O2. The summed E-state index contributed by atoms with van der Waals surface area (Å²) < 4.78 is 1.59. The molecule has 8 heteroatoms. The van der Waals surface area contributed by atoms with E-state index in [-0.39, 0.29) is 23.4 Å². The van der Waals surface area contributed by atoms with Gasteiger partial charge >= 0.3 is 6.03 Å². The van der Waals surface area contributed by atoms with Gasteiger partial charge in [0, 0.05) is 24.2 Å². The van der Waals surface area contributed by atoms with Crippen LogP contribution in [0.25, 0.3) is 0 Å². The van der Waals surface area contributed by atoms with Gasteiger partial charge in [-0.05, 0) is 36.5 Å². The van der Waals surface area contributed by atoms with Gasteiger partial charge in [-0.15, -0.1) is 0 Å². The summed E-state index contributed by atoms with van der Waals surface area (Å²) >= 11 is 0. The first kappa shape index (κ1) is 20.9. The average Bonchev–Trinajstić information content (AvgIpc) is 3.00. The Labute approximate surface area is 171 Å². The fraction of sp³-hybridized carbons (Fsp3) is 0.476. The SMILES string of the molecule is CCC1CC(=O)NC(n2nc(C)cc2NC(=O)Nc2ccc(C(C)(C)C)cc2)N1. The van der Waals surface area contributed by atoms with Crippen LogP contribution in [0.4, 0.5) is 16.3 Å². The van der Waals surface area contributed by atoms with Crippen LogP contribution in [-0.4, -0.2) is 27.8 Å². The largest absolute Gasteiger partial charge is 0.324 e. The minimum atomic E-state index is -0.503. The number of benzene rings is 1. The van der Waals surface area contributed by atoms with Crippen molar-refractivity contribution in [1.29, 1.82) is 0 Å². The standard InChI is InChI=1S/C21H30N6O2/c1-6-15-12-18(28)25-19(22-15)27-17(11-13(2)26-27)24-20(29)23-16-9-7-14(8-10-16)21(3,4)5/h7-11,15,19,22H,6,12H2,1-5H3,(H,25,28)(H2,23,24,29). The summed E-state index contributed by atoms with van der Waals surface area (Å²) in [6.07, 6.45) is 0.759. The summed E-state index contributed by atoms with van der Waals surface area (Å²) in [5, 5.41) is 16.3. The van der Waals surface area contributed by atoms with Gasteiger partial charge in [0.15, 0.2) is 6.29 Å². The predicted octanol–water partition coefficient (Wildman–Crippen LogP) is 3.48. The molecular weight excluding hydrogens is 368 g/mol. The Morgan fingerprint density at radius 3 is 2.55 bits per heavy atom. The van der Waals surface area contributed by atoms with Gasteiger partial charge in [0.1, 0.15) is 5.82 Å². The third-order valence-corrected chi connectivity index (χ3v) is 4.97. The van der Waals surface area contributed by atoms with Crippen molar-refractivity contribution in [3.63, 3.8) is 0 Å². The van der Waals surface area contributed by atoms with Gasteiger partial charge < -0.3 is 10.6 Å². The fourth-order valence-corrected chi connectivity index (χ4v) is 3.29. The number of carbonyl (C=O) groups is 2. The summed E-state index contributed by atoms with van der Waals surface area (Å²) in [7, 11) is 0. The van der Waals surface area contributed by atoms with Crippen molar-refractivity contribution in [1.82, 2.24) is 20.4 Å². The van der Waals surface area contributed by atoms with Crippen molar-refractivity contribution in [3.8, 4) is 0 Å². The molecule has 1 aliphatic rings. The second-order valence-corrected chi connectivity index (χ2v) is 8.47. The van der Waals surface area contributed by atoms with Crippen molar-refractivity contribution in [2.45, 2.75) is 65.2 Å². The van der Waals surface area contributed by atoms with E-state index in [4.69, 9.17) is 0 Å². The maximum Gasteiger partial charge on any atom is 0.324 e. The summed E-state index contributed by atoms with van der Waals surface area (Å²) in [5.41, 5.74) is 2.69. The average molecular weight is 399 g/mol. The van der Waals surface area contributed by atoms with E-state index in [1.54, 1.807) is 10.7 Å². The molecule has 2 unspecified atom stereocenters. The van der Waals surface area contributed by atoms with E-state index in [9.17, 15) is 9.59 Å². The number of aromatic nitrogens is 2. The molecule has 8 nitrogen and oxygen atoms in total. The van der Waals surface area contributed by atoms with Crippen molar-refractivity contribution >= 4 is 23.4 Å². The molecule has 156 valence electrons. The van der Waals surface area contributed by atoms with Crippen LogP contribution in [0.5, 0.6) is 0 Å². The first-order chi connectivity index (χ1) is 13.7. The molecule has 0 radical (unpaired) electrons. The third kappa shape index (κ3) is 5.14. The molecule has 1 saturated heterocycles. The van der Waals surface area contributed by atoms with Crippen LogP contribution in [-0.2, 0) is 10.2 Å². The number of hydrogen-bond acceptors (Lipinski definition) is 4. The molecule has 4 N–H and O–H groups in total. The highest BCUT2D eigenvalue weighted by Gasteiger charge is 2.28. The number of urea groups is 1. The van der Waals surface area contributed by atoms with Gasteiger partial charge in [-0.2, -0.15) is 5.10 Å². The molecule has 1 fully saturated rings. The highest BCUT2D eigenvalue weighted by Crippen LogP contribution is 2.24. The molecule has 2 aromatic rings. The number of carbonyl (C=O) groups excluding carboxylic acids is 2. The van der Waals surface area contributed by atoms with Crippen LogP contribution in [0.1, 0.15) is 58.1 Å². The van der Waals surface area contributed by atoms with Gasteiger partial charge in [-0.1, -0.05) is 39.8 Å². The Bertz CT molecular complexity index is 882. The van der Waals surface area contributed by atoms with Crippen molar-refractivity contribution < 1.29 is 9.59 Å². The number of hydrogen-bond donors (Lipinski definition) is 4. The monoisotopic (exact) mass is 398 g/mol. The smallest absolute Gasteiger partial charge is 0.322 e. The number of anilines is 2. The normalized spacial score (nSPS) is 19.6. The minimum absolute atomic E-state index is 0.0388. The highest BCUT2D eigenvalue weighted by atomic mass is 16.2. The summed E-state index contributed by atoms with van der Waals surface area (Å²) in [6.45, 7) is 10.3. The summed E-state index contributed by atoms with van der Waals surface area (Å²) in [4.78, 5) is 24.5. The molecule has 1 aromatic heterocycles. The van der Waals surface area contributed by atoms with E-state index in [1.165, 1.54) is 5.56 Å². The number of nitrogens with one attached hydrogen (secondary N) is 4. The molecule has 1 aromatic carbocycles. The molecule has 0 aliphatic carbocycles. The van der Waals surface area contributed by atoms with Gasteiger partial charge in [0.05, 0.1) is 5.69 Å². The second-order valence-electron chi connectivity index (χ2n) is 8.47. The zero-order chi connectivity index (χ0) is 21.2. The first-order valence-electron chi connectivity index (χ1n) is 9.96. The van der Waals surface area contributed by atoms with Crippen LogP contribution >= 0.6 is 0 Å². The molecule has 3 rings (SSSR count). The lowest BCUT2D eigenvalue weighted by Gasteiger charge is -2.31. The lowest BCUT2D eigenvalue weighted by atomic mass is 9.87. The zero-order valence-electron chi connectivity index (χ0n) is 17.7. The van der Waals surface area contributed by atoms with Crippen molar-refractivity contribution in [2.75, 3.05) is 10.6 Å². The Kier molecular flexibility index (Phi) is 5.93. The van der Waals surface area contributed by atoms with Crippen LogP contribution in [0.2, 0.25) is 0 Å². The van der Waals surface area contributed by atoms with E-state index in [0.717, 1.165) is 12.1 Å². The van der Waals surface area contributed by atoms with Crippen LogP contribution in [0.15, 0.2) is 30.3 Å². The molecule has 0 spiro atoms. The molecule has 2 heterocycles.